The lowest BCUT2D eigenvalue weighted by Gasteiger charge is -2.43. The van der Waals surface area contributed by atoms with Crippen molar-refractivity contribution in [2.45, 2.75) is 88.0 Å². The molecule has 3 fully saturated rings. The Morgan fingerprint density at radius 2 is 1.31 bits per heavy atom. The number of hydrogen-bond donors (Lipinski definition) is 0. The molecule has 0 aromatic carbocycles. The Morgan fingerprint density at radius 1 is 0.743 bits per heavy atom. The van der Waals surface area contributed by atoms with E-state index < -0.39 is 0 Å². The van der Waals surface area contributed by atoms with E-state index in [4.69, 9.17) is 4.74 Å². The molecule has 0 N–H and O–H groups in total. The van der Waals surface area contributed by atoms with Crippen molar-refractivity contribution < 1.29 is 9.53 Å². The Labute approximate surface area is 217 Å². The van der Waals surface area contributed by atoms with E-state index in [1.54, 1.807) is 11.9 Å². The molecule has 0 atom stereocenters. The number of ether oxygens (including phenoxy) is 1. The first-order chi connectivity index (χ1) is 15.8. The van der Waals surface area contributed by atoms with Crippen molar-refractivity contribution in [1.29, 1.82) is 0 Å². The van der Waals surface area contributed by atoms with Gasteiger partial charge in [0.25, 0.3) is 0 Å². The summed E-state index contributed by atoms with van der Waals surface area (Å²) in [5, 5.41) is 0. The Kier molecular flexibility index (Phi) is 11.7. The van der Waals surface area contributed by atoms with Crippen LogP contribution in [0.15, 0.2) is 4.99 Å². The number of piperidine rings is 1. The van der Waals surface area contributed by atoms with Gasteiger partial charge in [-0.1, -0.05) is 55.4 Å². The van der Waals surface area contributed by atoms with Crippen LogP contribution in [0.5, 0.6) is 0 Å². The van der Waals surface area contributed by atoms with Crippen LogP contribution >= 0.6 is 0 Å². The lowest BCUT2D eigenvalue weighted by atomic mass is 9.82. The third-order valence-corrected chi connectivity index (χ3v) is 6.96. The third kappa shape index (κ3) is 13.7. The van der Waals surface area contributed by atoms with E-state index in [1.165, 1.54) is 57.6 Å². The minimum Gasteiger partial charge on any atom is -0.449 e. The predicted molar refractivity (Wildman–Crippen MR) is 151 cm³/mol. The second-order valence-corrected chi connectivity index (χ2v) is 14.6. The first-order valence-corrected chi connectivity index (χ1v) is 13.6. The van der Waals surface area contributed by atoms with E-state index in [0.29, 0.717) is 22.9 Å². The molecule has 35 heavy (non-hydrogen) atoms. The van der Waals surface area contributed by atoms with Crippen LogP contribution in [0, 0.1) is 21.7 Å². The summed E-state index contributed by atoms with van der Waals surface area (Å²) in [6, 6.07) is 0. The van der Waals surface area contributed by atoms with Crippen LogP contribution in [0.2, 0.25) is 0 Å². The fourth-order valence-corrected chi connectivity index (χ4v) is 5.64. The van der Waals surface area contributed by atoms with Gasteiger partial charge >= 0.3 is 6.09 Å². The maximum absolute atomic E-state index is 10.8. The average molecular weight is 495 g/mol. The molecule has 4 aliphatic heterocycles. The number of hydrogen-bond acceptors (Lipinski definition) is 5. The molecule has 206 valence electrons. The number of rotatable bonds is 0. The third-order valence-electron chi connectivity index (χ3n) is 6.96. The highest BCUT2D eigenvalue weighted by atomic mass is 16.6. The van der Waals surface area contributed by atoms with Crippen LogP contribution in [0.4, 0.5) is 4.79 Å². The van der Waals surface area contributed by atoms with Gasteiger partial charge in [-0.3, -0.25) is 4.99 Å². The molecule has 0 saturated carbocycles. The van der Waals surface area contributed by atoms with Gasteiger partial charge in [-0.15, -0.1) is 0 Å². The van der Waals surface area contributed by atoms with Gasteiger partial charge in [0.1, 0.15) is 0 Å². The van der Waals surface area contributed by atoms with Crippen LogP contribution in [0.3, 0.4) is 0 Å². The molecule has 3 saturated heterocycles. The highest BCUT2D eigenvalue weighted by Gasteiger charge is 2.31. The molecular formula is C29H58N4O2. The molecule has 6 nitrogen and oxygen atoms in total. The van der Waals surface area contributed by atoms with Crippen molar-refractivity contribution >= 4 is 11.8 Å². The van der Waals surface area contributed by atoms with E-state index >= 15 is 0 Å². The number of carbonyl (C=O) groups is 1. The zero-order valence-corrected chi connectivity index (χ0v) is 25.4. The van der Waals surface area contributed by atoms with Crippen LogP contribution in [0.25, 0.3) is 0 Å². The van der Waals surface area contributed by atoms with Crippen molar-refractivity contribution in [3.05, 3.63) is 0 Å². The monoisotopic (exact) mass is 494 g/mol. The van der Waals surface area contributed by atoms with Gasteiger partial charge in [0, 0.05) is 50.9 Å². The lowest BCUT2D eigenvalue weighted by Crippen LogP contribution is -2.50. The minimum absolute atomic E-state index is 0.114. The molecule has 4 aliphatic rings. The molecule has 4 heterocycles. The first kappa shape index (κ1) is 31.9. The summed E-state index contributed by atoms with van der Waals surface area (Å²) < 4.78 is 4.89. The van der Waals surface area contributed by atoms with E-state index in [-0.39, 0.29) is 11.5 Å². The summed E-state index contributed by atoms with van der Waals surface area (Å²) >= 11 is 0. The SMILES string of the molecule is CC1=NCCC(C)(C)C1.CN1CC(C)(C)C1.CN1CC(C)(C)COC1=O.CN1CCCC(C)(C)C1. The maximum atomic E-state index is 10.8. The quantitative estimate of drug-likeness (QED) is 0.411. The molecule has 6 heteroatoms. The van der Waals surface area contributed by atoms with Crippen LogP contribution in [-0.2, 0) is 4.74 Å². The smallest absolute Gasteiger partial charge is 0.409 e. The molecule has 0 unspecified atom stereocenters. The zero-order chi connectivity index (χ0) is 27.1. The highest BCUT2D eigenvalue weighted by molar-refractivity contribution is 5.83. The average Bonchev–Trinajstić information content (AvgIpc) is 2.63. The summed E-state index contributed by atoms with van der Waals surface area (Å²) in [5.74, 6) is 0. The van der Waals surface area contributed by atoms with Gasteiger partial charge in [0.05, 0.1) is 6.61 Å². The molecule has 0 aromatic rings. The first-order valence-electron chi connectivity index (χ1n) is 13.6. The minimum atomic E-state index is -0.209. The molecule has 0 bridgehead atoms. The summed E-state index contributed by atoms with van der Waals surface area (Å²) in [7, 11) is 6.12. The van der Waals surface area contributed by atoms with E-state index in [1.807, 2.05) is 0 Å². The Bertz CT molecular complexity index is 689. The van der Waals surface area contributed by atoms with Crippen molar-refractivity contribution in [2.75, 3.05) is 67.0 Å². The van der Waals surface area contributed by atoms with Gasteiger partial charge in [0.15, 0.2) is 0 Å². The maximum Gasteiger partial charge on any atom is 0.409 e. The topological polar surface area (TPSA) is 48.4 Å². The van der Waals surface area contributed by atoms with E-state index in [0.717, 1.165) is 13.1 Å². The van der Waals surface area contributed by atoms with Crippen LogP contribution in [-0.4, -0.2) is 93.5 Å². The second-order valence-electron chi connectivity index (χ2n) is 14.6. The summed E-state index contributed by atoms with van der Waals surface area (Å²) in [5.41, 5.74) is 3.15. The number of aliphatic imine (C=N–C) groups is 1. The van der Waals surface area contributed by atoms with Crippen molar-refractivity contribution in [2.24, 2.45) is 26.7 Å². The Hall–Kier alpha value is -1.14. The highest BCUT2D eigenvalue weighted by Crippen LogP contribution is 2.29. The largest absolute Gasteiger partial charge is 0.449 e. The standard InChI is InChI=1S/C8H15N.C8H17N.C7H13NO2.C6H13N/c1-7-6-8(2,3)4-5-9-7;1-8(2)5-4-6-9(3)7-8;1-7(2)4-8(3)6(9)10-5-7;1-6(2)4-7(3)5-6/h4-6H2,1-3H3;4-7H2,1-3H3;4-5H2,1-3H3;4-5H2,1-3H3. The molecule has 4 rings (SSSR count). The second kappa shape index (κ2) is 12.9. The number of nitrogens with zero attached hydrogens (tertiary/aromatic N) is 4. The number of cyclic esters (lactones) is 1. The molecular weight excluding hydrogens is 436 g/mol. The molecule has 0 spiro atoms. The normalized spacial score (nSPS) is 26.7. The lowest BCUT2D eigenvalue weighted by molar-refractivity contribution is 0.0190. The van der Waals surface area contributed by atoms with Crippen molar-refractivity contribution in [3.8, 4) is 0 Å². The van der Waals surface area contributed by atoms with Crippen molar-refractivity contribution in [1.82, 2.24) is 14.7 Å². The van der Waals surface area contributed by atoms with Gasteiger partial charge in [-0.25, -0.2) is 4.79 Å². The fraction of sp³-hybridized carbons (Fsp3) is 0.931. The van der Waals surface area contributed by atoms with Crippen molar-refractivity contribution in [3.63, 3.8) is 0 Å². The molecule has 0 aliphatic carbocycles. The summed E-state index contributed by atoms with van der Waals surface area (Å²) in [6.07, 6.45) is 5.01. The number of likely N-dealkylation sites (tertiary alicyclic amines) is 2. The van der Waals surface area contributed by atoms with E-state index in [9.17, 15) is 4.79 Å². The van der Waals surface area contributed by atoms with Gasteiger partial charge in [-0.2, -0.15) is 0 Å². The van der Waals surface area contributed by atoms with Gasteiger partial charge < -0.3 is 19.4 Å². The molecule has 1 amide bonds. The summed E-state index contributed by atoms with van der Waals surface area (Å²) in [6.45, 7) is 27.7. The fourth-order valence-electron chi connectivity index (χ4n) is 5.64. The summed E-state index contributed by atoms with van der Waals surface area (Å²) in [4.78, 5) is 21.5. The number of amides is 1. The zero-order valence-electron chi connectivity index (χ0n) is 25.4. The number of carbonyl (C=O) groups excluding carboxylic acids is 1. The van der Waals surface area contributed by atoms with Crippen LogP contribution in [0.1, 0.15) is 88.0 Å². The molecule has 0 radical (unpaired) electrons. The Morgan fingerprint density at radius 3 is 1.60 bits per heavy atom. The molecule has 0 aromatic heterocycles. The Balaban J connectivity index is 0.000000235. The van der Waals surface area contributed by atoms with Crippen LogP contribution < -0.4 is 0 Å². The van der Waals surface area contributed by atoms with Gasteiger partial charge in [0.2, 0.25) is 0 Å². The van der Waals surface area contributed by atoms with Gasteiger partial charge in [-0.05, 0) is 69.5 Å². The predicted octanol–water partition coefficient (Wildman–Crippen LogP) is 6.06. The van der Waals surface area contributed by atoms with E-state index in [2.05, 4.69) is 91.2 Å².